The molecule has 1 heterocycles. The molecule has 1 fully saturated rings. The number of ether oxygens (including phenoxy) is 2. The second-order valence-corrected chi connectivity index (χ2v) is 8.55. The predicted molar refractivity (Wildman–Crippen MR) is 124 cm³/mol. The summed E-state index contributed by atoms with van der Waals surface area (Å²) in [4.78, 5) is 28.4. The van der Waals surface area contributed by atoms with Crippen molar-refractivity contribution in [3.8, 4) is 5.75 Å². The number of hydrogen-bond acceptors (Lipinski definition) is 4. The van der Waals surface area contributed by atoms with Crippen molar-refractivity contribution in [1.29, 1.82) is 0 Å². The van der Waals surface area contributed by atoms with Gasteiger partial charge in [-0.3, -0.25) is 9.59 Å². The molecule has 0 saturated carbocycles. The molecule has 1 aliphatic heterocycles. The smallest absolute Gasteiger partial charge is 0.243 e. The molecule has 2 atom stereocenters. The lowest BCUT2D eigenvalue weighted by Crippen LogP contribution is -2.52. The molecule has 3 rings (SSSR count). The van der Waals surface area contributed by atoms with Gasteiger partial charge in [-0.2, -0.15) is 0 Å². The van der Waals surface area contributed by atoms with Gasteiger partial charge in [0.2, 0.25) is 11.8 Å². The zero-order valence-corrected chi connectivity index (χ0v) is 19.3. The van der Waals surface area contributed by atoms with Gasteiger partial charge in [0, 0.05) is 32.0 Å². The van der Waals surface area contributed by atoms with E-state index in [2.05, 4.69) is 5.32 Å². The van der Waals surface area contributed by atoms with E-state index >= 15 is 0 Å². The fourth-order valence-corrected chi connectivity index (χ4v) is 3.92. The number of amides is 2. The van der Waals surface area contributed by atoms with Crippen molar-refractivity contribution >= 4 is 11.8 Å². The Hall–Kier alpha value is -2.86. The molecule has 32 heavy (non-hydrogen) atoms. The molecule has 2 unspecified atom stereocenters. The molecule has 6 heteroatoms. The van der Waals surface area contributed by atoms with E-state index in [-0.39, 0.29) is 23.8 Å². The van der Waals surface area contributed by atoms with Gasteiger partial charge in [0.05, 0.1) is 13.2 Å². The van der Waals surface area contributed by atoms with Crippen LogP contribution in [0.5, 0.6) is 5.75 Å². The van der Waals surface area contributed by atoms with Crippen LogP contribution in [-0.2, 0) is 27.3 Å². The van der Waals surface area contributed by atoms with Crippen molar-refractivity contribution in [2.45, 2.75) is 51.8 Å². The molecular formula is C26H34N2O4. The summed E-state index contributed by atoms with van der Waals surface area (Å²) < 4.78 is 10.9. The van der Waals surface area contributed by atoms with Crippen LogP contribution in [0.1, 0.15) is 37.8 Å². The molecule has 0 spiro atoms. The van der Waals surface area contributed by atoms with Crippen LogP contribution in [0.4, 0.5) is 0 Å². The van der Waals surface area contributed by atoms with E-state index in [0.29, 0.717) is 19.5 Å². The topological polar surface area (TPSA) is 67.9 Å². The largest absolute Gasteiger partial charge is 0.497 e. The van der Waals surface area contributed by atoms with Crippen LogP contribution >= 0.6 is 0 Å². The van der Waals surface area contributed by atoms with E-state index in [1.807, 2.05) is 68.4 Å². The molecule has 172 valence electrons. The number of hydrogen-bond donors (Lipinski definition) is 1. The minimum atomic E-state index is -0.615. The highest BCUT2D eigenvalue weighted by atomic mass is 16.5. The van der Waals surface area contributed by atoms with Crippen molar-refractivity contribution in [1.82, 2.24) is 10.2 Å². The summed E-state index contributed by atoms with van der Waals surface area (Å²) in [6, 6.07) is 16.8. The summed E-state index contributed by atoms with van der Waals surface area (Å²) in [5.74, 6) is 0.337. The number of carbonyl (C=O) groups is 2. The maximum atomic E-state index is 13.4. The highest BCUT2D eigenvalue weighted by Gasteiger charge is 2.32. The van der Waals surface area contributed by atoms with Crippen molar-refractivity contribution in [3.63, 3.8) is 0 Å². The molecule has 2 aromatic rings. The molecule has 2 aromatic carbocycles. The minimum absolute atomic E-state index is 0.0472. The third-order valence-corrected chi connectivity index (χ3v) is 5.77. The Morgan fingerprint density at radius 3 is 2.41 bits per heavy atom. The summed E-state index contributed by atoms with van der Waals surface area (Å²) in [6.07, 6.45) is 2.47. The first-order valence-corrected chi connectivity index (χ1v) is 11.3. The number of benzene rings is 2. The summed E-state index contributed by atoms with van der Waals surface area (Å²) in [6.45, 7) is 5.30. The SMILES string of the molecule is COc1ccc(CN(C(=O)C(C)C)C(Cc2ccccc2)C(=O)NCC2CCCO2)cc1. The Balaban J connectivity index is 1.85. The van der Waals surface area contributed by atoms with E-state index in [1.165, 1.54) is 0 Å². The van der Waals surface area contributed by atoms with Crippen LogP contribution in [-0.4, -0.2) is 49.1 Å². The average molecular weight is 439 g/mol. The van der Waals surface area contributed by atoms with Crippen molar-refractivity contribution in [2.24, 2.45) is 5.92 Å². The van der Waals surface area contributed by atoms with Gasteiger partial charge in [-0.15, -0.1) is 0 Å². The number of nitrogens with zero attached hydrogens (tertiary/aromatic N) is 1. The molecule has 1 aliphatic rings. The third kappa shape index (κ3) is 6.57. The normalized spacial score (nSPS) is 16.6. The molecule has 0 radical (unpaired) electrons. The summed E-state index contributed by atoms with van der Waals surface area (Å²) >= 11 is 0. The van der Waals surface area contributed by atoms with Crippen molar-refractivity contribution in [2.75, 3.05) is 20.3 Å². The average Bonchev–Trinajstić information content (AvgIpc) is 3.34. The highest BCUT2D eigenvalue weighted by Crippen LogP contribution is 2.19. The van der Waals surface area contributed by atoms with Crippen LogP contribution in [0.2, 0.25) is 0 Å². The van der Waals surface area contributed by atoms with Crippen molar-refractivity contribution in [3.05, 3.63) is 65.7 Å². The number of nitrogens with one attached hydrogen (secondary N) is 1. The second-order valence-electron chi connectivity index (χ2n) is 8.55. The molecular weight excluding hydrogens is 404 g/mol. The maximum Gasteiger partial charge on any atom is 0.243 e. The first-order valence-electron chi connectivity index (χ1n) is 11.3. The van der Waals surface area contributed by atoms with Gasteiger partial charge >= 0.3 is 0 Å². The van der Waals surface area contributed by atoms with Crippen LogP contribution in [0.3, 0.4) is 0 Å². The fourth-order valence-electron chi connectivity index (χ4n) is 3.92. The Labute approximate surface area is 190 Å². The first-order chi connectivity index (χ1) is 15.5. The van der Waals surface area contributed by atoms with E-state index in [9.17, 15) is 9.59 Å². The quantitative estimate of drug-likeness (QED) is 0.616. The number of rotatable bonds is 10. The van der Waals surface area contributed by atoms with E-state index < -0.39 is 6.04 Å². The van der Waals surface area contributed by atoms with Gasteiger partial charge in [0.1, 0.15) is 11.8 Å². The highest BCUT2D eigenvalue weighted by molar-refractivity contribution is 5.88. The van der Waals surface area contributed by atoms with Gasteiger partial charge in [-0.05, 0) is 36.1 Å². The van der Waals surface area contributed by atoms with Crippen molar-refractivity contribution < 1.29 is 19.1 Å². The Bertz CT molecular complexity index is 861. The van der Waals surface area contributed by atoms with E-state index in [1.54, 1.807) is 12.0 Å². The van der Waals surface area contributed by atoms with Crippen LogP contribution in [0.15, 0.2) is 54.6 Å². The van der Waals surface area contributed by atoms with E-state index in [0.717, 1.165) is 36.3 Å². The fraction of sp³-hybridized carbons (Fsp3) is 0.462. The van der Waals surface area contributed by atoms with Gasteiger partial charge in [-0.25, -0.2) is 0 Å². The summed E-state index contributed by atoms with van der Waals surface area (Å²) in [5, 5.41) is 3.05. The summed E-state index contributed by atoms with van der Waals surface area (Å²) in [7, 11) is 1.62. The summed E-state index contributed by atoms with van der Waals surface area (Å²) in [5.41, 5.74) is 1.96. The Morgan fingerprint density at radius 2 is 1.81 bits per heavy atom. The molecule has 0 bridgehead atoms. The molecule has 6 nitrogen and oxygen atoms in total. The predicted octanol–water partition coefficient (Wildman–Crippen LogP) is 3.59. The van der Waals surface area contributed by atoms with Crippen LogP contribution in [0.25, 0.3) is 0 Å². The lowest BCUT2D eigenvalue weighted by Gasteiger charge is -2.33. The lowest BCUT2D eigenvalue weighted by molar-refractivity contribution is -0.143. The Kier molecular flexibility index (Phi) is 8.68. The van der Waals surface area contributed by atoms with Gasteiger partial charge in [0.15, 0.2) is 0 Å². The number of methoxy groups -OCH3 is 1. The lowest BCUT2D eigenvalue weighted by atomic mass is 10.0. The third-order valence-electron chi connectivity index (χ3n) is 5.77. The molecule has 1 saturated heterocycles. The van der Waals surface area contributed by atoms with Gasteiger partial charge in [0.25, 0.3) is 0 Å². The molecule has 0 aromatic heterocycles. The Morgan fingerprint density at radius 1 is 1.09 bits per heavy atom. The van der Waals surface area contributed by atoms with Crippen LogP contribution in [0, 0.1) is 5.92 Å². The first kappa shape index (κ1) is 23.8. The molecule has 2 amide bonds. The van der Waals surface area contributed by atoms with Crippen LogP contribution < -0.4 is 10.1 Å². The van der Waals surface area contributed by atoms with Gasteiger partial charge in [-0.1, -0.05) is 56.3 Å². The standard InChI is InChI=1S/C26H34N2O4/c1-19(2)26(30)28(18-21-11-13-22(31-3)14-12-21)24(16-20-8-5-4-6-9-20)25(29)27-17-23-10-7-15-32-23/h4-6,8-9,11-14,19,23-24H,7,10,15-18H2,1-3H3,(H,27,29). The van der Waals surface area contributed by atoms with Gasteiger partial charge < -0.3 is 19.7 Å². The monoisotopic (exact) mass is 438 g/mol. The maximum absolute atomic E-state index is 13.4. The number of carbonyl (C=O) groups excluding carboxylic acids is 2. The molecule has 0 aliphatic carbocycles. The second kappa shape index (κ2) is 11.7. The molecule has 1 N–H and O–H groups in total. The van der Waals surface area contributed by atoms with E-state index in [4.69, 9.17) is 9.47 Å². The zero-order valence-electron chi connectivity index (χ0n) is 19.3. The zero-order chi connectivity index (χ0) is 22.9. The minimum Gasteiger partial charge on any atom is -0.497 e.